The molecule has 0 bridgehead atoms. The molecule has 1 amide bonds. The van der Waals surface area contributed by atoms with Gasteiger partial charge in [0.1, 0.15) is 0 Å². The second-order valence-corrected chi connectivity index (χ2v) is 9.53. The first-order chi connectivity index (χ1) is 10.5. The molecule has 0 aromatic heterocycles. The van der Waals surface area contributed by atoms with Gasteiger partial charge in [0.2, 0.25) is 5.91 Å². The van der Waals surface area contributed by atoms with Crippen LogP contribution >= 0.6 is 0 Å². The van der Waals surface area contributed by atoms with Gasteiger partial charge in [-0.3, -0.25) is 4.79 Å². The maximum Gasteiger partial charge on any atom is 0.220 e. The van der Waals surface area contributed by atoms with E-state index in [-0.39, 0.29) is 23.3 Å². The normalized spacial score (nSPS) is 31.0. The molecular weight excluding hydrogens is 298 g/mol. The standard InChI is InChI=1S/C17H31NO3S/c1-2-3-4-14-5-7-15(8-6-14)12-18-17(19)11-16-9-10-22(20,21)13-16/h14-16H,2-13H2,1H3,(H,18,19). The van der Waals surface area contributed by atoms with E-state index in [9.17, 15) is 13.2 Å². The summed E-state index contributed by atoms with van der Waals surface area (Å²) in [6.07, 6.45) is 10.1. The molecule has 22 heavy (non-hydrogen) atoms. The highest BCUT2D eigenvalue weighted by molar-refractivity contribution is 7.91. The predicted octanol–water partition coefficient (Wildman–Crippen LogP) is 2.92. The van der Waals surface area contributed by atoms with Gasteiger partial charge in [-0.2, -0.15) is 0 Å². The van der Waals surface area contributed by atoms with Crippen molar-refractivity contribution in [2.24, 2.45) is 17.8 Å². The quantitative estimate of drug-likeness (QED) is 0.781. The van der Waals surface area contributed by atoms with E-state index in [1.54, 1.807) is 0 Å². The fourth-order valence-electron chi connectivity index (χ4n) is 3.84. The molecule has 1 aliphatic carbocycles. The van der Waals surface area contributed by atoms with Crippen molar-refractivity contribution in [3.8, 4) is 0 Å². The molecule has 2 aliphatic rings. The van der Waals surface area contributed by atoms with E-state index in [1.165, 1.54) is 44.9 Å². The van der Waals surface area contributed by atoms with Crippen LogP contribution in [0.15, 0.2) is 0 Å². The van der Waals surface area contributed by atoms with Gasteiger partial charge in [0.05, 0.1) is 11.5 Å². The molecule has 1 aliphatic heterocycles. The summed E-state index contributed by atoms with van der Waals surface area (Å²) in [5.74, 6) is 2.05. The largest absolute Gasteiger partial charge is 0.356 e. The van der Waals surface area contributed by atoms with E-state index in [4.69, 9.17) is 0 Å². The second-order valence-electron chi connectivity index (χ2n) is 7.31. The van der Waals surface area contributed by atoms with Crippen molar-refractivity contribution in [1.82, 2.24) is 5.32 Å². The van der Waals surface area contributed by atoms with Gasteiger partial charge in [0, 0.05) is 13.0 Å². The molecule has 1 N–H and O–H groups in total. The van der Waals surface area contributed by atoms with Gasteiger partial charge < -0.3 is 5.32 Å². The van der Waals surface area contributed by atoms with Gasteiger partial charge in [-0.25, -0.2) is 8.42 Å². The van der Waals surface area contributed by atoms with Crippen LogP contribution in [0.2, 0.25) is 0 Å². The highest BCUT2D eigenvalue weighted by Crippen LogP contribution is 2.31. The van der Waals surface area contributed by atoms with Crippen molar-refractivity contribution in [2.75, 3.05) is 18.1 Å². The summed E-state index contributed by atoms with van der Waals surface area (Å²) in [7, 11) is -2.87. The maximum atomic E-state index is 12.0. The minimum atomic E-state index is -2.87. The van der Waals surface area contributed by atoms with Gasteiger partial charge in [0.25, 0.3) is 0 Å². The summed E-state index contributed by atoms with van der Waals surface area (Å²) in [6, 6.07) is 0. The number of unbranched alkanes of at least 4 members (excludes halogenated alkanes) is 1. The van der Waals surface area contributed by atoms with Crippen molar-refractivity contribution >= 4 is 15.7 Å². The Morgan fingerprint density at radius 2 is 1.73 bits per heavy atom. The zero-order valence-electron chi connectivity index (χ0n) is 13.9. The number of carbonyl (C=O) groups excluding carboxylic acids is 1. The molecule has 0 radical (unpaired) electrons. The van der Waals surface area contributed by atoms with E-state index >= 15 is 0 Å². The second kappa shape index (κ2) is 8.32. The monoisotopic (exact) mass is 329 g/mol. The first-order valence-corrected chi connectivity index (χ1v) is 10.8. The van der Waals surface area contributed by atoms with Gasteiger partial charge in [0.15, 0.2) is 9.84 Å². The topological polar surface area (TPSA) is 63.2 Å². The number of nitrogens with one attached hydrogen (secondary N) is 1. The first kappa shape index (κ1) is 17.8. The first-order valence-electron chi connectivity index (χ1n) is 8.95. The Morgan fingerprint density at radius 1 is 1.05 bits per heavy atom. The molecule has 1 atom stereocenters. The number of hydrogen-bond acceptors (Lipinski definition) is 3. The van der Waals surface area contributed by atoms with Crippen LogP contribution in [0.5, 0.6) is 0 Å². The number of hydrogen-bond donors (Lipinski definition) is 1. The molecule has 1 saturated carbocycles. The zero-order chi connectivity index (χ0) is 16.0. The number of amides is 1. The summed E-state index contributed by atoms with van der Waals surface area (Å²) in [5.41, 5.74) is 0. The summed E-state index contributed by atoms with van der Waals surface area (Å²) in [5, 5.41) is 3.03. The Hall–Kier alpha value is -0.580. The average molecular weight is 330 g/mol. The third-order valence-electron chi connectivity index (χ3n) is 5.32. The molecule has 2 fully saturated rings. The van der Waals surface area contributed by atoms with Crippen LogP contribution in [0.3, 0.4) is 0 Å². The van der Waals surface area contributed by atoms with Crippen LogP contribution < -0.4 is 5.32 Å². The van der Waals surface area contributed by atoms with Crippen molar-refractivity contribution in [3.05, 3.63) is 0 Å². The van der Waals surface area contributed by atoms with Crippen molar-refractivity contribution < 1.29 is 13.2 Å². The summed E-state index contributed by atoms with van der Waals surface area (Å²) in [4.78, 5) is 12.0. The molecule has 1 unspecified atom stereocenters. The third-order valence-corrected chi connectivity index (χ3v) is 7.16. The zero-order valence-corrected chi connectivity index (χ0v) is 14.7. The average Bonchev–Trinajstić information content (AvgIpc) is 2.83. The molecule has 1 saturated heterocycles. The molecule has 5 heteroatoms. The van der Waals surface area contributed by atoms with Gasteiger partial charge in [-0.1, -0.05) is 39.0 Å². The molecule has 0 aromatic rings. The Labute approximate surface area is 135 Å². The minimum absolute atomic E-state index is 0.0368. The van der Waals surface area contributed by atoms with Crippen molar-refractivity contribution in [2.45, 2.75) is 64.7 Å². The van der Waals surface area contributed by atoms with Crippen molar-refractivity contribution in [1.29, 1.82) is 0 Å². The van der Waals surface area contributed by atoms with E-state index in [1.807, 2.05) is 0 Å². The smallest absolute Gasteiger partial charge is 0.220 e. The van der Waals surface area contributed by atoms with Crippen LogP contribution in [0.4, 0.5) is 0 Å². The molecule has 0 spiro atoms. The number of rotatable bonds is 7. The molecule has 0 aromatic carbocycles. The fraction of sp³-hybridized carbons (Fsp3) is 0.941. The third kappa shape index (κ3) is 5.90. The van der Waals surface area contributed by atoms with Gasteiger partial charge >= 0.3 is 0 Å². The Balaban J connectivity index is 1.59. The minimum Gasteiger partial charge on any atom is -0.356 e. The molecule has 2 rings (SSSR count). The van der Waals surface area contributed by atoms with E-state index in [2.05, 4.69) is 12.2 Å². The van der Waals surface area contributed by atoms with Gasteiger partial charge in [-0.15, -0.1) is 0 Å². The highest BCUT2D eigenvalue weighted by atomic mass is 32.2. The lowest BCUT2D eigenvalue weighted by molar-refractivity contribution is -0.122. The van der Waals surface area contributed by atoms with E-state index in [0.29, 0.717) is 18.8 Å². The predicted molar refractivity (Wildman–Crippen MR) is 89.4 cm³/mol. The van der Waals surface area contributed by atoms with E-state index in [0.717, 1.165) is 12.5 Å². The SMILES string of the molecule is CCCCC1CCC(CNC(=O)CC2CCS(=O)(=O)C2)CC1. The maximum absolute atomic E-state index is 12.0. The van der Waals surface area contributed by atoms with Crippen LogP contribution in [0.1, 0.15) is 64.7 Å². The lowest BCUT2D eigenvalue weighted by Gasteiger charge is -2.28. The molecule has 1 heterocycles. The van der Waals surface area contributed by atoms with Crippen LogP contribution in [0.25, 0.3) is 0 Å². The van der Waals surface area contributed by atoms with Crippen LogP contribution in [0, 0.1) is 17.8 Å². The number of carbonyl (C=O) groups is 1. The Morgan fingerprint density at radius 3 is 2.32 bits per heavy atom. The Bertz CT molecular complexity index is 453. The highest BCUT2D eigenvalue weighted by Gasteiger charge is 2.29. The van der Waals surface area contributed by atoms with Crippen LogP contribution in [-0.4, -0.2) is 32.4 Å². The number of sulfone groups is 1. The van der Waals surface area contributed by atoms with Crippen LogP contribution in [-0.2, 0) is 14.6 Å². The molecular formula is C17H31NO3S. The summed E-state index contributed by atoms with van der Waals surface area (Å²) < 4.78 is 22.8. The lowest BCUT2D eigenvalue weighted by Crippen LogP contribution is -2.32. The summed E-state index contributed by atoms with van der Waals surface area (Å²) >= 11 is 0. The molecule has 4 nitrogen and oxygen atoms in total. The summed E-state index contributed by atoms with van der Waals surface area (Å²) in [6.45, 7) is 3.02. The van der Waals surface area contributed by atoms with Crippen molar-refractivity contribution in [3.63, 3.8) is 0 Å². The fourth-order valence-corrected chi connectivity index (χ4v) is 5.70. The Kier molecular flexibility index (Phi) is 6.72. The molecule has 128 valence electrons. The van der Waals surface area contributed by atoms with E-state index < -0.39 is 9.84 Å². The van der Waals surface area contributed by atoms with Gasteiger partial charge in [-0.05, 0) is 37.0 Å². The lowest BCUT2D eigenvalue weighted by atomic mass is 9.80.